The number of hydrogen-bond donors (Lipinski definition) is 2. The maximum atomic E-state index is 5.56. The van der Waals surface area contributed by atoms with E-state index in [-0.39, 0.29) is 6.04 Å². The highest BCUT2D eigenvalue weighted by atomic mass is 79.9. The number of aromatic nitrogens is 1. The van der Waals surface area contributed by atoms with E-state index in [1.165, 1.54) is 0 Å². The summed E-state index contributed by atoms with van der Waals surface area (Å²) >= 11 is 5.10. The Balaban J connectivity index is 2.33. The highest BCUT2D eigenvalue weighted by Crippen LogP contribution is 2.30. The van der Waals surface area contributed by atoms with Crippen LogP contribution in [0.1, 0.15) is 16.5 Å². The zero-order valence-electron chi connectivity index (χ0n) is 7.85. The van der Waals surface area contributed by atoms with Crippen molar-refractivity contribution in [3.8, 4) is 0 Å². The van der Waals surface area contributed by atoms with E-state index < -0.39 is 0 Å². The van der Waals surface area contributed by atoms with Crippen LogP contribution in [-0.2, 0) is 0 Å². The van der Waals surface area contributed by atoms with Crippen LogP contribution in [0.15, 0.2) is 40.4 Å². The van der Waals surface area contributed by atoms with Crippen molar-refractivity contribution in [2.45, 2.75) is 6.04 Å². The third kappa shape index (κ3) is 2.43. The van der Waals surface area contributed by atoms with Crippen molar-refractivity contribution < 1.29 is 0 Å². The second-order valence-electron chi connectivity index (χ2n) is 3.03. The minimum absolute atomic E-state index is 0.00926. The molecule has 3 nitrogen and oxygen atoms in total. The standard InChI is InChI=1S/C10H10BrN3S/c11-9-4-3-8(15-9)10(14-12)7-2-1-5-13-6-7/h1-6,10,14H,12H2. The summed E-state index contributed by atoms with van der Waals surface area (Å²) in [5, 5.41) is 0. The molecule has 2 aromatic heterocycles. The van der Waals surface area contributed by atoms with Gasteiger partial charge in [-0.25, -0.2) is 5.43 Å². The number of thiophene rings is 1. The third-order valence-electron chi connectivity index (χ3n) is 2.06. The smallest absolute Gasteiger partial charge is 0.0817 e. The van der Waals surface area contributed by atoms with Crippen LogP contribution in [-0.4, -0.2) is 4.98 Å². The topological polar surface area (TPSA) is 50.9 Å². The molecule has 2 rings (SSSR count). The fourth-order valence-electron chi connectivity index (χ4n) is 1.37. The number of hydrazine groups is 1. The van der Waals surface area contributed by atoms with E-state index in [4.69, 9.17) is 5.84 Å². The van der Waals surface area contributed by atoms with Gasteiger partial charge in [0.15, 0.2) is 0 Å². The van der Waals surface area contributed by atoms with E-state index in [0.29, 0.717) is 0 Å². The number of nitrogens with zero attached hydrogens (tertiary/aromatic N) is 1. The summed E-state index contributed by atoms with van der Waals surface area (Å²) in [6, 6.07) is 7.98. The molecule has 15 heavy (non-hydrogen) atoms. The summed E-state index contributed by atoms with van der Waals surface area (Å²) in [7, 11) is 0. The van der Waals surface area contributed by atoms with E-state index in [0.717, 1.165) is 14.2 Å². The lowest BCUT2D eigenvalue weighted by Crippen LogP contribution is -2.28. The Morgan fingerprint density at radius 2 is 2.27 bits per heavy atom. The highest BCUT2D eigenvalue weighted by molar-refractivity contribution is 9.11. The molecule has 2 aromatic rings. The van der Waals surface area contributed by atoms with Gasteiger partial charge in [0, 0.05) is 17.3 Å². The first-order valence-corrected chi connectivity index (χ1v) is 6.03. The van der Waals surface area contributed by atoms with E-state index >= 15 is 0 Å². The normalized spacial score (nSPS) is 12.7. The van der Waals surface area contributed by atoms with Gasteiger partial charge in [0.1, 0.15) is 0 Å². The van der Waals surface area contributed by atoms with E-state index in [9.17, 15) is 0 Å². The molecular weight excluding hydrogens is 274 g/mol. The van der Waals surface area contributed by atoms with Gasteiger partial charge in [0.2, 0.25) is 0 Å². The molecule has 0 amide bonds. The number of pyridine rings is 1. The molecule has 0 saturated heterocycles. The fourth-order valence-corrected chi connectivity index (χ4v) is 2.88. The van der Waals surface area contributed by atoms with E-state index in [1.54, 1.807) is 17.5 Å². The molecule has 3 N–H and O–H groups in total. The highest BCUT2D eigenvalue weighted by Gasteiger charge is 2.13. The maximum absolute atomic E-state index is 5.56. The maximum Gasteiger partial charge on any atom is 0.0817 e. The summed E-state index contributed by atoms with van der Waals surface area (Å²) in [6.07, 6.45) is 3.57. The summed E-state index contributed by atoms with van der Waals surface area (Å²) in [5.41, 5.74) is 3.86. The van der Waals surface area contributed by atoms with E-state index in [2.05, 4.69) is 26.3 Å². The largest absolute Gasteiger partial charge is 0.271 e. The Morgan fingerprint density at radius 3 is 2.80 bits per heavy atom. The van der Waals surface area contributed by atoms with Crippen LogP contribution in [0.4, 0.5) is 0 Å². The number of rotatable bonds is 3. The zero-order valence-corrected chi connectivity index (χ0v) is 10.3. The molecule has 1 unspecified atom stereocenters. The molecule has 0 aliphatic heterocycles. The summed E-state index contributed by atoms with van der Waals surface area (Å²) < 4.78 is 1.10. The second-order valence-corrected chi connectivity index (χ2v) is 5.52. The molecule has 0 fully saturated rings. The molecule has 0 aromatic carbocycles. The fraction of sp³-hybridized carbons (Fsp3) is 0.100. The third-order valence-corrected chi connectivity index (χ3v) is 3.75. The van der Waals surface area contributed by atoms with Gasteiger partial charge in [-0.05, 0) is 39.7 Å². The van der Waals surface area contributed by atoms with Crippen molar-refractivity contribution in [3.05, 3.63) is 50.9 Å². The molecule has 5 heteroatoms. The van der Waals surface area contributed by atoms with Gasteiger partial charge in [-0.1, -0.05) is 6.07 Å². The lowest BCUT2D eigenvalue weighted by atomic mass is 10.1. The summed E-state index contributed by atoms with van der Waals surface area (Å²) in [5.74, 6) is 5.56. The van der Waals surface area contributed by atoms with Gasteiger partial charge in [-0.15, -0.1) is 11.3 Å². The van der Waals surface area contributed by atoms with Crippen molar-refractivity contribution in [1.29, 1.82) is 0 Å². The van der Waals surface area contributed by atoms with E-state index in [1.807, 2.05) is 30.5 Å². The molecule has 0 saturated carbocycles. The Bertz CT molecular complexity index is 429. The Morgan fingerprint density at radius 1 is 1.40 bits per heavy atom. The number of nitrogens with two attached hydrogens (primary N) is 1. The monoisotopic (exact) mass is 283 g/mol. The number of halogens is 1. The molecule has 0 aliphatic carbocycles. The molecule has 2 heterocycles. The van der Waals surface area contributed by atoms with Crippen LogP contribution in [0, 0.1) is 0 Å². The van der Waals surface area contributed by atoms with Gasteiger partial charge < -0.3 is 0 Å². The lowest BCUT2D eigenvalue weighted by Gasteiger charge is -2.13. The molecule has 0 aliphatic rings. The first-order chi connectivity index (χ1) is 7.31. The first-order valence-electron chi connectivity index (χ1n) is 4.42. The van der Waals surface area contributed by atoms with Crippen molar-refractivity contribution in [2.24, 2.45) is 5.84 Å². The van der Waals surface area contributed by atoms with Crippen LogP contribution in [0.2, 0.25) is 0 Å². The predicted molar refractivity (Wildman–Crippen MR) is 65.4 cm³/mol. The van der Waals surface area contributed by atoms with Crippen LogP contribution < -0.4 is 11.3 Å². The van der Waals surface area contributed by atoms with Gasteiger partial charge in [0.05, 0.1) is 9.83 Å². The summed E-state index contributed by atoms with van der Waals surface area (Å²) in [4.78, 5) is 5.25. The molecular formula is C10H10BrN3S. The molecule has 0 spiro atoms. The van der Waals surface area contributed by atoms with Gasteiger partial charge in [-0.2, -0.15) is 0 Å². The Kier molecular flexibility index (Phi) is 3.48. The number of hydrogen-bond acceptors (Lipinski definition) is 4. The van der Waals surface area contributed by atoms with Crippen LogP contribution in [0.5, 0.6) is 0 Å². The predicted octanol–water partition coefficient (Wildman–Crippen LogP) is 2.46. The van der Waals surface area contributed by atoms with Crippen molar-refractivity contribution in [3.63, 3.8) is 0 Å². The minimum Gasteiger partial charge on any atom is -0.271 e. The van der Waals surface area contributed by atoms with Crippen LogP contribution in [0.3, 0.4) is 0 Å². The van der Waals surface area contributed by atoms with Crippen molar-refractivity contribution in [1.82, 2.24) is 10.4 Å². The Labute approximate surface area is 100 Å². The average molecular weight is 284 g/mol. The van der Waals surface area contributed by atoms with Gasteiger partial charge in [-0.3, -0.25) is 10.8 Å². The van der Waals surface area contributed by atoms with Gasteiger partial charge >= 0.3 is 0 Å². The quantitative estimate of drug-likeness (QED) is 0.672. The molecule has 78 valence electrons. The van der Waals surface area contributed by atoms with Gasteiger partial charge in [0.25, 0.3) is 0 Å². The van der Waals surface area contributed by atoms with Crippen molar-refractivity contribution >= 4 is 27.3 Å². The van der Waals surface area contributed by atoms with Crippen LogP contribution in [0.25, 0.3) is 0 Å². The van der Waals surface area contributed by atoms with Crippen LogP contribution >= 0.6 is 27.3 Å². The molecule has 0 bridgehead atoms. The zero-order chi connectivity index (χ0) is 10.7. The average Bonchev–Trinajstić information content (AvgIpc) is 2.68. The summed E-state index contributed by atoms with van der Waals surface area (Å²) in [6.45, 7) is 0. The SMILES string of the molecule is NNC(c1cccnc1)c1ccc(Br)s1. The van der Waals surface area contributed by atoms with Crippen molar-refractivity contribution in [2.75, 3.05) is 0 Å². The molecule has 0 radical (unpaired) electrons. The first kappa shape index (κ1) is 10.8. The second kappa shape index (κ2) is 4.85. The minimum atomic E-state index is 0.00926. The number of nitrogens with one attached hydrogen (secondary N) is 1. The Hall–Kier alpha value is -0.750. The lowest BCUT2D eigenvalue weighted by molar-refractivity contribution is 0.644. The molecule has 1 atom stereocenters.